The van der Waals surface area contributed by atoms with E-state index in [-0.39, 0.29) is 18.3 Å². The fourth-order valence-electron chi connectivity index (χ4n) is 3.13. The van der Waals surface area contributed by atoms with E-state index in [1.165, 1.54) is 0 Å². The number of fused-ring (bicyclic) bond motifs is 1. The number of furan rings is 1. The number of halogens is 1. The molecule has 3 rings (SSSR count). The Morgan fingerprint density at radius 1 is 1.29 bits per heavy atom. The van der Waals surface area contributed by atoms with Crippen LogP contribution >= 0.6 is 11.6 Å². The Bertz CT molecular complexity index is 949. The van der Waals surface area contributed by atoms with Crippen LogP contribution in [0.25, 0.3) is 0 Å². The fourth-order valence-corrected chi connectivity index (χ4v) is 3.31. The molecule has 1 aliphatic rings. The van der Waals surface area contributed by atoms with Gasteiger partial charge in [-0.1, -0.05) is 17.7 Å². The molecule has 0 saturated heterocycles. The topological polar surface area (TPSA) is 92.9 Å². The quantitative estimate of drug-likeness (QED) is 0.730. The van der Waals surface area contributed by atoms with Crippen molar-refractivity contribution in [2.45, 2.75) is 40.0 Å². The van der Waals surface area contributed by atoms with Crippen molar-refractivity contribution in [2.24, 2.45) is 5.10 Å². The lowest BCUT2D eigenvalue weighted by atomic mass is 9.93. The number of amides is 2. The zero-order chi connectivity index (χ0) is 20.3. The van der Waals surface area contributed by atoms with Crippen LogP contribution in [-0.2, 0) is 11.2 Å². The Balaban J connectivity index is 1.84. The van der Waals surface area contributed by atoms with Gasteiger partial charge < -0.3 is 14.5 Å². The number of carbonyl (C=O) groups excluding carboxylic acids is 2. The molecule has 1 aromatic heterocycles. The van der Waals surface area contributed by atoms with Crippen molar-refractivity contribution >= 4 is 35.0 Å². The summed E-state index contributed by atoms with van der Waals surface area (Å²) in [5.41, 5.74) is 6.04. The van der Waals surface area contributed by atoms with E-state index in [1.54, 1.807) is 19.1 Å². The van der Waals surface area contributed by atoms with Crippen molar-refractivity contribution in [3.8, 4) is 0 Å². The Morgan fingerprint density at radius 2 is 2.07 bits per heavy atom. The van der Waals surface area contributed by atoms with Crippen LogP contribution in [0.5, 0.6) is 0 Å². The van der Waals surface area contributed by atoms with Crippen LogP contribution in [0.3, 0.4) is 0 Å². The number of hydrazone groups is 1. The molecular weight excluding hydrogens is 382 g/mol. The monoisotopic (exact) mass is 403 g/mol. The minimum absolute atomic E-state index is 0.229. The maximum absolute atomic E-state index is 12.7. The third-order valence-electron chi connectivity index (χ3n) is 4.52. The van der Waals surface area contributed by atoms with E-state index in [0.717, 1.165) is 17.5 Å². The van der Waals surface area contributed by atoms with E-state index in [9.17, 15) is 9.59 Å². The largest absolute Gasteiger partial charge is 0.455 e. The summed E-state index contributed by atoms with van der Waals surface area (Å²) in [4.78, 5) is 24.2. The zero-order valence-corrected chi connectivity index (χ0v) is 16.8. The number of hydrogen-bond donors (Lipinski definition) is 2. The number of nitrogens with zero attached hydrogens (tertiary/aromatic N) is 1. The van der Waals surface area contributed by atoms with Crippen LogP contribution in [0.4, 0.5) is 10.5 Å². The maximum atomic E-state index is 12.7. The van der Waals surface area contributed by atoms with Gasteiger partial charge in [-0.15, -0.1) is 0 Å². The summed E-state index contributed by atoms with van der Waals surface area (Å²) in [5.74, 6) is 0.567. The zero-order valence-electron chi connectivity index (χ0n) is 16.0. The SMILES string of the molecule is CCOC(=O)N/N=C1\CCCc2oc(C(=O)Nc3ccc(C)c(Cl)c3)c(C)c21. The third kappa shape index (κ3) is 4.20. The predicted octanol–water partition coefficient (Wildman–Crippen LogP) is 4.59. The summed E-state index contributed by atoms with van der Waals surface area (Å²) in [6.07, 6.45) is 1.59. The van der Waals surface area contributed by atoms with Gasteiger partial charge in [-0.25, -0.2) is 10.2 Å². The maximum Gasteiger partial charge on any atom is 0.427 e. The van der Waals surface area contributed by atoms with E-state index < -0.39 is 6.09 Å². The molecule has 28 heavy (non-hydrogen) atoms. The number of ether oxygens (including phenoxy) is 1. The number of nitrogens with one attached hydrogen (secondary N) is 2. The molecule has 2 aromatic rings. The van der Waals surface area contributed by atoms with Crippen molar-refractivity contribution in [1.29, 1.82) is 0 Å². The lowest BCUT2D eigenvalue weighted by molar-refractivity contribution is 0.0994. The molecule has 0 aliphatic heterocycles. The number of benzene rings is 1. The predicted molar refractivity (Wildman–Crippen MR) is 107 cm³/mol. The molecule has 0 radical (unpaired) electrons. The minimum Gasteiger partial charge on any atom is -0.455 e. The third-order valence-corrected chi connectivity index (χ3v) is 4.93. The highest BCUT2D eigenvalue weighted by molar-refractivity contribution is 6.31. The van der Waals surface area contributed by atoms with Gasteiger partial charge in [0.1, 0.15) is 5.76 Å². The van der Waals surface area contributed by atoms with E-state index in [0.29, 0.717) is 40.6 Å². The van der Waals surface area contributed by atoms with Gasteiger partial charge in [0.2, 0.25) is 0 Å². The molecule has 1 aliphatic carbocycles. The van der Waals surface area contributed by atoms with Crippen molar-refractivity contribution in [2.75, 3.05) is 11.9 Å². The molecule has 7 nitrogen and oxygen atoms in total. The molecule has 0 saturated carbocycles. The first-order valence-electron chi connectivity index (χ1n) is 9.10. The molecule has 0 atom stereocenters. The molecule has 0 spiro atoms. The summed E-state index contributed by atoms with van der Waals surface area (Å²) in [5, 5.41) is 7.55. The highest BCUT2D eigenvalue weighted by Crippen LogP contribution is 2.30. The van der Waals surface area contributed by atoms with Gasteiger partial charge in [-0.2, -0.15) is 5.10 Å². The van der Waals surface area contributed by atoms with Crippen molar-refractivity contribution < 1.29 is 18.7 Å². The lowest BCUT2D eigenvalue weighted by Crippen LogP contribution is -2.22. The van der Waals surface area contributed by atoms with Gasteiger partial charge in [-0.3, -0.25) is 4.79 Å². The average Bonchev–Trinajstić information content (AvgIpc) is 3.01. The van der Waals surface area contributed by atoms with Crippen molar-refractivity contribution in [3.63, 3.8) is 0 Å². The number of anilines is 1. The summed E-state index contributed by atoms with van der Waals surface area (Å²) in [6, 6.07) is 5.32. The van der Waals surface area contributed by atoms with Gasteiger partial charge in [-0.05, 0) is 51.3 Å². The molecule has 0 bridgehead atoms. The van der Waals surface area contributed by atoms with Crippen molar-refractivity contribution in [3.05, 3.63) is 51.4 Å². The normalized spacial score (nSPS) is 14.5. The first-order chi connectivity index (χ1) is 13.4. The summed E-state index contributed by atoms with van der Waals surface area (Å²) >= 11 is 6.12. The molecule has 8 heteroatoms. The second-order valence-electron chi connectivity index (χ2n) is 6.52. The van der Waals surface area contributed by atoms with Crippen LogP contribution in [-0.4, -0.2) is 24.3 Å². The van der Waals surface area contributed by atoms with E-state index in [2.05, 4.69) is 15.8 Å². The number of hydrogen-bond acceptors (Lipinski definition) is 5. The second kappa shape index (κ2) is 8.48. The molecule has 0 unspecified atom stereocenters. The van der Waals surface area contributed by atoms with E-state index in [4.69, 9.17) is 20.8 Å². The van der Waals surface area contributed by atoms with Crippen LogP contribution in [0, 0.1) is 13.8 Å². The van der Waals surface area contributed by atoms with Gasteiger partial charge >= 0.3 is 6.09 Å². The Kier molecular flexibility index (Phi) is 6.04. The summed E-state index contributed by atoms with van der Waals surface area (Å²) in [7, 11) is 0. The van der Waals surface area contributed by atoms with E-state index >= 15 is 0 Å². The van der Waals surface area contributed by atoms with Crippen molar-refractivity contribution in [1.82, 2.24) is 5.43 Å². The first kappa shape index (κ1) is 19.9. The van der Waals surface area contributed by atoms with Crippen LogP contribution in [0.1, 0.15) is 52.8 Å². The lowest BCUT2D eigenvalue weighted by Gasteiger charge is -2.13. The Morgan fingerprint density at radius 3 is 2.79 bits per heavy atom. The molecule has 2 N–H and O–H groups in total. The second-order valence-corrected chi connectivity index (χ2v) is 6.92. The number of aryl methyl sites for hydroxylation is 2. The summed E-state index contributed by atoms with van der Waals surface area (Å²) in [6.45, 7) is 5.69. The molecule has 0 fully saturated rings. The highest BCUT2D eigenvalue weighted by atomic mass is 35.5. The van der Waals surface area contributed by atoms with E-state index in [1.807, 2.05) is 19.9 Å². The van der Waals surface area contributed by atoms with Gasteiger partial charge in [0.05, 0.1) is 12.3 Å². The summed E-state index contributed by atoms with van der Waals surface area (Å²) < 4.78 is 10.7. The molecule has 1 aromatic carbocycles. The Labute approximate surface area is 168 Å². The standard InChI is InChI=1S/C20H22ClN3O4/c1-4-27-20(26)24-23-15-6-5-7-16-17(15)12(3)18(28-16)19(25)22-13-9-8-11(2)14(21)10-13/h8-10H,4-7H2,1-3H3,(H,22,25)(H,24,26)/b23-15+. The Hall–Kier alpha value is -2.80. The minimum atomic E-state index is -0.613. The van der Waals surface area contributed by atoms with Crippen LogP contribution < -0.4 is 10.7 Å². The molecule has 2 amide bonds. The fraction of sp³-hybridized carbons (Fsp3) is 0.350. The highest BCUT2D eigenvalue weighted by Gasteiger charge is 2.28. The molecule has 1 heterocycles. The van der Waals surface area contributed by atoms with Crippen LogP contribution in [0.15, 0.2) is 27.7 Å². The smallest absolute Gasteiger partial charge is 0.427 e. The molecule has 148 valence electrons. The average molecular weight is 404 g/mol. The molecular formula is C20H22ClN3O4. The number of carbonyl (C=O) groups is 2. The number of rotatable bonds is 4. The van der Waals surface area contributed by atoms with Gasteiger partial charge in [0.15, 0.2) is 5.76 Å². The van der Waals surface area contributed by atoms with Gasteiger partial charge in [0, 0.05) is 28.3 Å². The van der Waals surface area contributed by atoms with Gasteiger partial charge in [0.25, 0.3) is 5.91 Å². The van der Waals surface area contributed by atoms with Crippen LogP contribution in [0.2, 0.25) is 5.02 Å². The first-order valence-corrected chi connectivity index (χ1v) is 9.48.